The molecule has 1 aromatic carbocycles. The SMILES string of the molecule is C=C.N#CCCC1(c2ccccc2)CCC(=O)CC1. The third kappa shape index (κ3) is 3.79. The van der Waals surface area contributed by atoms with Gasteiger partial charge in [0.1, 0.15) is 5.78 Å². The molecule has 19 heavy (non-hydrogen) atoms. The van der Waals surface area contributed by atoms with Crippen LogP contribution >= 0.6 is 0 Å². The number of benzene rings is 1. The zero-order chi connectivity index (χ0) is 14.1. The van der Waals surface area contributed by atoms with Gasteiger partial charge in [0.05, 0.1) is 6.07 Å². The topological polar surface area (TPSA) is 40.9 Å². The van der Waals surface area contributed by atoms with Gasteiger partial charge in [0.2, 0.25) is 0 Å². The van der Waals surface area contributed by atoms with Gasteiger partial charge in [-0.2, -0.15) is 5.26 Å². The van der Waals surface area contributed by atoms with Crippen LogP contribution in [0, 0.1) is 11.3 Å². The summed E-state index contributed by atoms with van der Waals surface area (Å²) in [5.41, 5.74) is 1.35. The number of Topliss-reactive ketones (excluding diaryl/α,β-unsaturated/α-hetero) is 1. The number of hydrogen-bond acceptors (Lipinski definition) is 2. The van der Waals surface area contributed by atoms with Gasteiger partial charge in [-0.15, -0.1) is 13.2 Å². The molecule has 0 amide bonds. The first-order valence-electron chi connectivity index (χ1n) is 6.71. The predicted molar refractivity (Wildman–Crippen MR) is 77.7 cm³/mol. The zero-order valence-electron chi connectivity index (χ0n) is 11.4. The van der Waals surface area contributed by atoms with E-state index >= 15 is 0 Å². The molecule has 0 N–H and O–H groups in total. The van der Waals surface area contributed by atoms with Gasteiger partial charge < -0.3 is 0 Å². The highest BCUT2D eigenvalue weighted by Crippen LogP contribution is 2.41. The second-order valence-corrected chi connectivity index (χ2v) is 4.84. The minimum absolute atomic E-state index is 0.0604. The Morgan fingerprint density at radius 1 is 1.16 bits per heavy atom. The van der Waals surface area contributed by atoms with Gasteiger partial charge in [-0.3, -0.25) is 4.79 Å². The number of ketones is 1. The molecule has 1 fully saturated rings. The second kappa shape index (κ2) is 7.53. The lowest BCUT2D eigenvalue weighted by Gasteiger charge is -2.37. The van der Waals surface area contributed by atoms with Crippen molar-refractivity contribution in [1.82, 2.24) is 0 Å². The van der Waals surface area contributed by atoms with Gasteiger partial charge in [-0.1, -0.05) is 30.3 Å². The van der Waals surface area contributed by atoms with Gasteiger partial charge in [-0.05, 0) is 30.2 Å². The van der Waals surface area contributed by atoms with Crippen LogP contribution in [0.4, 0.5) is 0 Å². The van der Waals surface area contributed by atoms with Crippen LogP contribution in [-0.2, 0) is 10.2 Å². The summed E-state index contributed by atoms with van der Waals surface area (Å²) in [6, 6.07) is 12.6. The molecule has 0 spiro atoms. The van der Waals surface area contributed by atoms with Crippen LogP contribution in [0.25, 0.3) is 0 Å². The maximum Gasteiger partial charge on any atom is 0.132 e. The van der Waals surface area contributed by atoms with Crippen molar-refractivity contribution < 1.29 is 4.79 Å². The minimum Gasteiger partial charge on any atom is -0.300 e. The highest BCUT2D eigenvalue weighted by atomic mass is 16.1. The van der Waals surface area contributed by atoms with E-state index in [2.05, 4.69) is 31.4 Å². The summed E-state index contributed by atoms with van der Waals surface area (Å²) in [6.45, 7) is 6.00. The molecular formula is C17H21NO. The number of nitrogens with zero attached hydrogens (tertiary/aromatic N) is 1. The van der Waals surface area contributed by atoms with Crippen LogP contribution in [0.5, 0.6) is 0 Å². The van der Waals surface area contributed by atoms with Crippen molar-refractivity contribution in [3.05, 3.63) is 49.1 Å². The van der Waals surface area contributed by atoms with E-state index in [0.717, 1.165) is 19.3 Å². The molecule has 1 saturated carbocycles. The molecule has 2 nitrogen and oxygen atoms in total. The standard InChI is InChI=1S/C15H17NO.C2H4/c16-12-4-9-15(10-7-14(17)8-11-15)13-5-2-1-3-6-13;1-2/h1-3,5-6H,4,7-11H2;1-2H2. The summed E-state index contributed by atoms with van der Waals surface area (Å²) in [4.78, 5) is 11.4. The van der Waals surface area contributed by atoms with Crippen LogP contribution in [-0.4, -0.2) is 5.78 Å². The van der Waals surface area contributed by atoms with Crippen LogP contribution in [0.1, 0.15) is 44.1 Å². The van der Waals surface area contributed by atoms with Crippen molar-refractivity contribution in [2.75, 3.05) is 0 Å². The summed E-state index contributed by atoms with van der Waals surface area (Å²) in [5, 5.41) is 8.79. The van der Waals surface area contributed by atoms with E-state index in [1.807, 2.05) is 18.2 Å². The Morgan fingerprint density at radius 2 is 1.74 bits per heavy atom. The summed E-state index contributed by atoms with van der Waals surface area (Å²) >= 11 is 0. The molecular weight excluding hydrogens is 234 g/mol. The molecule has 100 valence electrons. The summed E-state index contributed by atoms with van der Waals surface area (Å²) in [5.74, 6) is 0.369. The van der Waals surface area contributed by atoms with E-state index in [0.29, 0.717) is 25.0 Å². The average molecular weight is 255 g/mol. The first kappa shape index (κ1) is 15.2. The maximum atomic E-state index is 11.4. The number of rotatable bonds is 3. The Labute approximate surface area is 115 Å². The summed E-state index contributed by atoms with van der Waals surface area (Å²) < 4.78 is 0. The van der Waals surface area contributed by atoms with E-state index in [-0.39, 0.29) is 5.41 Å². The van der Waals surface area contributed by atoms with Crippen molar-refractivity contribution >= 4 is 5.78 Å². The maximum absolute atomic E-state index is 11.4. The molecule has 1 aromatic rings. The highest BCUT2D eigenvalue weighted by Gasteiger charge is 2.35. The van der Waals surface area contributed by atoms with Crippen molar-refractivity contribution in [3.8, 4) is 6.07 Å². The van der Waals surface area contributed by atoms with Gasteiger partial charge in [0, 0.05) is 19.3 Å². The predicted octanol–water partition coefficient (Wildman–Crippen LogP) is 4.17. The fourth-order valence-electron chi connectivity index (χ4n) is 2.78. The molecule has 2 rings (SSSR count). The molecule has 0 atom stereocenters. The lowest BCUT2D eigenvalue weighted by atomic mass is 9.66. The van der Waals surface area contributed by atoms with Gasteiger partial charge >= 0.3 is 0 Å². The normalized spacial score (nSPS) is 16.9. The first-order chi connectivity index (χ1) is 9.27. The average Bonchev–Trinajstić information content (AvgIpc) is 2.50. The van der Waals surface area contributed by atoms with Gasteiger partial charge in [0.25, 0.3) is 0 Å². The molecule has 1 aliphatic carbocycles. The minimum atomic E-state index is 0.0604. The molecule has 0 bridgehead atoms. The van der Waals surface area contributed by atoms with Crippen molar-refractivity contribution in [2.45, 2.75) is 43.9 Å². The summed E-state index contributed by atoms with van der Waals surface area (Å²) in [6.07, 6.45) is 4.58. The van der Waals surface area contributed by atoms with Crippen LogP contribution < -0.4 is 0 Å². The van der Waals surface area contributed by atoms with E-state index in [1.165, 1.54) is 5.56 Å². The van der Waals surface area contributed by atoms with Crippen LogP contribution in [0.3, 0.4) is 0 Å². The highest BCUT2D eigenvalue weighted by molar-refractivity contribution is 5.79. The Morgan fingerprint density at radius 3 is 2.26 bits per heavy atom. The number of nitriles is 1. The molecule has 0 radical (unpaired) electrons. The lowest BCUT2D eigenvalue weighted by molar-refractivity contribution is -0.121. The van der Waals surface area contributed by atoms with Crippen molar-refractivity contribution in [1.29, 1.82) is 5.26 Å². The first-order valence-corrected chi connectivity index (χ1v) is 6.71. The Kier molecular flexibility index (Phi) is 6.02. The fraction of sp³-hybridized carbons (Fsp3) is 0.412. The second-order valence-electron chi connectivity index (χ2n) is 4.84. The molecule has 0 saturated heterocycles. The molecule has 0 heterocycles. The van der Waals surface area contributed by atoms with Crippen LogP contribution in [0.2, 0.25) is 0 Å². The smallest absolute Gasteiger partial charge is 0.132 e. The van der Waals surface area contributed by atoms with Gasteiger partial charge in [-0.25, -0.2) is 0 Å². The summed E-state index contributed by atoms with van der Waals surface area (Å²) in [7, 11) is 0. The van der Waals surface area contributed by atoms with E-state index in [4.69, 9.17) is 5.26 Å². The quantitative estimate of drug-likeness (QED) is 0.760. The lowest BCUT2D eigenvalue weighted by Crippen LogP contribution is -2.31. The third-order valence-electron chi connectivity index (χ3n) is 3.87. The molecule has 0 aliphatic heterocycles. The van der Waals surface area contributed by atoms with Gasteiger partial charge in [0.15, 0.2) is 0 Å². The zero-order valence-corrected chi connectivity index (χ0v) is 11.4. The number of carbonyl (C=O) groups is 1. The molecule has 1 aliphatic rings. The van der Waals surface area contributed by atoms with Crippen LogP contribution in [0.15, 0.2) is 43.5 Å². The van der Waals surface area contributed by atoms with Crippen molar-refractivity contribution in [2.24, 2.45) is 0 Å². The van der Waals surface area contributed by atoms with Crippen molar-refractivity contribution in [3.63, 3.8) is 0 Å². The molecule has 2 heteroatoms. The Bertz CT molecular complexity index is 434. The van der Waals surface area contributed by atoms with E-state index in [9.17, 15) is 4.79 Å². The number of hydrogen-bond donors (Lipinski definition) is 0. The largest absolute Gasteiger partial charge is 0.300 e. The van der Waals surface area contributed by atoms with E-state index in [1.54, 1.807) is 0 Å². The van der Waals surface area contributed by atoms with E-state index < -0.39 is 0 Å². The molecule has 0 unspecified atom stereocenters. The fourth-order valence-corrected chi connectivity index (χ4v) is 2.78. The third-order valence-corrected chi connectivity index (χ3v) is 3.87. The monoisotopic (exact) mass is 255 g/mol. The Hall–Kier alpha value is -1.88. The Balaban J connectivity index is 0.000000861. The number of carbonyl (C=O) groups excluding carboxylic acids is 1. The molecule has 0 aromatic heterocycles.